The normalized spacial score (nSPS) is 16.7. The van der Waals surface area contributed by atoms with E-state index in [-0.39, 0.29) is 11.9 Å². The van der Waals surface area contributed by atoms with Gasteiger partial charge in [0.15, 0.2) is 11.5 Å². The molecule has 0 radical (unpaired) electrons. The second kappa shape index (κ2) is 7.03. The number of thiophene rings is 1. The molecular weight excluding hydrogens is 346 g/mol. The lowest BCUT2D eigenvalue weighted by Gasteiger charge is -2.34. The Balaban J connectivity index is 1.92. The van der Waals surface area contributed by atoms with Crippen LogP contribution >= 0.6 is 22.9 Å². The zero-order chi connectivity index (χ0) is 17.3. The topological polar surface area (TPSA) is 38.8 Å². The molecule has 128 valence electrons. The van der Waals surface area contributed by atoms with Crippen LogP contribution in [0.2, 0.25) is 5.02 Å². The van der Waals surface area contributed by atoms with Gasteiger partial charge >= 0.3 is 0 Å². The molecule has 2 aromatic rings. The van der Waals surface area contributed by atoms with Crippen molar-refractivity contribution in [3.63, 3.8) is 0 Å². The molecule has 0 bridgehead atoms. The number of benzene rings is 1. The van der Waals surface area contributed by atoms with Gasteiger partial charge in [-0.2, -0.15) is 0 Å². The summed E-state index contributed by atoms with van der Waals surface area (Å²) in [6.07, 6.45) is 0.894. The molecule has 1 aromatic heterocycles. The van der Waals surface area contributed by atoms with Crippen molar-refractivity contribution in [3.05, 3.63) is 44.6 Å². The van der Waals surface area contributed by atoms with Crippen LogP contribution in [0.3, 0.4) is 0 Å². The summed E-state index contributed by atoms with van der Waals surface area (Å²) in [7, 11) is 1.55. The van der Waals surface area contributed by atoms with Crippen molar-refractivity contribution < 1.29 is 14.3 Å². The number of nitrogens with zero attached hydrogens (tertiary/aromatic N) is 1. The standard InChI is InChI=1S/C18H20ClNO3S/c1-4-23-17-14(19)9-12(10-15(17)22-3)18(21)20-7-5-16-13(11(20)2)6-8-24-16/h6,8-11H,4-5,7H2,1-3H3/t11-/m1/s1. The summed E-state index contributed by atoms with van der Waals surface area (Å²) < 4.78 is 10.9. The van der Waals surface area contributed by atoms with E-state index in [1.807, 2.05) is 11.8 Å². The van der Waals surface area contributed by atoms with Crippen molar-refractivity contribution in [1.29, 1.82) is 0 Å². The minimum absolute atomic E-state index is 0.0393. The van der Waals surface area contributed by atoms with E-state index in [9.17, 15) is 4.79 Å². The number of hydrogen-bond acceptors (Lipinski definition) is 4. The van der Waals surface area contributed by atoms with Crippen LogP contribution in [0.15, 0.2) is 23.6 Å². The van der Waals surface area contributed by atoms with Gasteiger partial charge in [-0.1, -0.05) is 11.6 Å². The molecule has 1 amide bonds. The Morgan fingerprint density at radius 3 is 2.96 bits per heavy atom. The molecule has 1 aliphatic heterocycles. The van der Waals surface area contributed by atoms with E-state index in [0.717, 1.165) is 6.42 Å². The van der Waals surface area contributed by atoms with Crippen molar-refractivity contribution in [2.24, 2.45) is 0 Å². The zero-order valence-electron chi connectivity index (χ0n) is 14.0. The second-order valence-electron chi connectivity index (χ2n) is 5.65. The van der Waals surface area contributed by atoms with Crippen LogP contribution in [0, 0.1) is 0 Å². The predicted molar refractivity (Wildman–Crippen MR) is 96.6 cm³/mol. The van der Waals surface area contributed by atoms with E-state index in [2.05, 4.69) is 18.4 Å². The molecule has 2 heterocycles. The van der Waals surface area contributed by atoms with Crippen molar-refractivity contribution in [2.75, 3.05) is 20.3 Å². The fraction of sp³-hybridized carbons (Fsp3) is 0.389. The van der Waals surface area contributed by atoms with Gasteiger partial charge in [0, 0.05) is 17.0 Å². The highest BCUT2D eigenvalue weighted by Gasteiger charge is 2.30. The summed E-state index contributed by atoms with van der Waals surface area (Å²) >= 11 is 8.06. The van der Waals surface area contributed by atoms with Gasteiger partial charge in [-0.15, -0.1) is 11.3 Å². The number of ether oxygens (including phenoxy) is 2. The third kappa shape index (κ3) is 2.98. The number of rotatable bonds is 4. The van der Waals surface area contributed by atoms with E-state index in [1.165, 1.54) is 10.4 Å². The van der Waals surface area contributed by atoms with Gasteiger partial charge in [-0.25, -0.2) is 0 Å². The molecule has 0 N–H and O–H groups in total. The molecule has 1 aromatic carbocycles. The fourth-order valence-corrected chi connectivity index (χ4v) is 4.31. The van der Waals surface area contributed by atoms with Crippen LogP contribution in [0.25, 0.3) is 0 Å². The molecule has 0 saturated carbocycles. The average molecular weight is 366 g/mol. The Hall–Kier alpha value is -1.72. The van der Waals surface area contributed by atoms with Gasteiger partial charge in [0.25, 0.3) is 5.91 Å². The lowest BCUT2D eigenvalue weighted by Crippen LogP contribution is -2.38. The Bertz CT molecular complexity index is 759. The molecule has 6 heteroatoms. The van der Waals surface area contributed by atoms with Gasteiger partial charge in [0.1, 0.15) is 0 Å². The van der Waals surface area contributed by atoms with Crippen LogP contribution in [0.4, 0.5) is 0 Å². The maximum absolute atomic E-state index is 13.0. The number of fused-ring (bicyclic) bond motifs is 1. The maximum atomic E-state index is 13.0. The molecule has 0 aliphatic carbocycles. The smallest absolute Gasteiger partial charge is 0.254 e. The third-order valence-electron chi connectivity index (χ3n) is 4.30. The van der Waals surface area contributed by atoms with E-state index >= 15 is 0 Å². The molecule has 0 spiro atoms. The Morgan fingerprint density at radius 2 is 2.25 bits per heavy atom. The van der Waals surface area contributed by atoms with Crippen molar-refractivity contribution >= 4 is 28.8 Å². The first kappa shape index (κ1) is 17.1. The maximum Gasteiger partial charge on any atom is 0.254 e. The summed E-state index contributed by atoms with van der Waals surface area (Å²) in [5.41, 5.74) is 1.76. The molecule has 24 heavy (non-hydrogen) atoms. The van der Waals surface area contributed by atoms with Gasteiger partial charge in [-0.3, -0.25) is 4.79 Å². The van der Waals surface area contributed by atoms with E-state index < -0.39 is 0 Å². The van der Waals surface area contributed by atoms with Crippen molar-refractivity contribution in [2.45, 2.75) is 26.3 Å². The average Bonchev–Trinajstić information content (AvgIpc) is 3.06. The SMILES string of the molecule is CCOc1c(Cl)cc(C(=O)N2CCc3sccc3[C@H]2C)cc1OC. The summed E-state index contributed by atoms with van der Waals surface area (Å²) in [5.74, 6) is 0.918. The first-order chi connectivity index (χ1) is 11.6. The number of hydrogen-bond donors (Lipinski definition) is 0. The molecule has 0 fully saturated rings. The summed E-state index contributed by atoms with van der Waals surface area (Å²) in [6, 6.07) is 5.53. The Morgan fingerprint density at radius 1 is 1.46 bits per heavy atom. The van der Waals surface area contributed by atoms with Crippen molar-refractivity contribution in [3.8, 4) is 11.5 Å². The van der Waals surface area contributed by atoms with Gasteiger partial charge in [0.05, 0.1) is 24.8 Å². The lowest BCUT2D eigenvalue weighted by atomic mass is 10.00. The summed E-state index contributed by atoms with van der Waals surface area (Å²) in [5, 5.41) is 2.48. The highest BCUT2D eigenvalue weighted by Crippen LogP contribution is 2.38. The minimum Gasteiger partial charge on any atom is -0.493 e. The van der Waals surface area contributed by atoms with Gasteiger partial charge in [0.2, 0.25) is 0 Å². The molecular formula is C18H20ClNO3S. The number of methoxy groups -OCH3 is 1. The first-order valence-electron chi connectivity index (χ1n) is 7.94. The molecule has 1 aliphatic rings. The van der Waals surface area contributed by atoms with E-state index in [0.29, 0.717) is 35.2 Å². The Kier molecular flexibility index (Phi) is 5.01. The molecule has 1 atom stereocenters. The minimum atomic E-state index is -0.0393. The van der Waals surface area contributed by atoms with Crippen LogP contribution < -0.4 is 9.47 Å². The Labute approximate surface area is 150 Å². The number of amides is 1. The van der Waals surface area contributed by atoms with Crippen LogP contribution in [0.1, 0.15) is 40.7 Å². The van der Waals surface area contributed by atoms with Gasteiger partial charge in [-0.05, 0) is 49.4 Å². The van der Waals surface area contributed by atoms with Crippen LogP contribution in [0.5, 0.6) is 11.5 Å². The quantitative estimate of drug-likeness (QED) is 0.796. The highest BCUT2D eigenvalue weighted by atomic mass is 35.5. The largest absolute Gasteiger partial charge is 0.493 e. The van der Waals surface area contributed by atoms with Crippen molar-refractivity contribution in [1.82, 2.24) is 4.90 Å². The molecule has 4 nitrogen and oxygen atoms in total. The van der Waals surface area contributed by atoms with Crippen LogP contribution in [-0.2, 0) is 6.42 Å². The van der Waals surface area contributed by atoms with E-state index in [1.54, 1.807) is 30.6 Å². The lowest BCUT2D eigenvalue weighted by molar-refractivity contribution is 0.0679. The number of carbonyl (C=O) groups is 1. The summed E-state index contributed by atoms with van der Waals surface area (Å²) in [4.78, 5) is 16.3. The molecule has 3 rings (SSSR count). The first-order valence-corrected chi connectivity index (χ1v) is 9.20. The predicted octanol–water partition coefficient (Wildman–Crippen LogP) is 4.57. The highest BCUT2D eigenvalue weighted by molar-refractivity contribution is 7.10. The summed E-state index contributed by atoms with van der Waals surface area (Å²) in [6.45, 7) is 5.13. The zero-order valence-corrected chi connectivity index (χ0v) is 15.5. The second-order valence-corrected chi connectivity index (χ2v) is 7.05. The monoisotopic (exact) mass is 365 g/mol. The molecule has 0 saturated heterocycles. The fourth-order valence-electron chi connectivity index (χ4n) is 3.08. The number of carbonyl (C=O) groups excluding carboxylic acids is 1. The van der Waals surface area contributed by atoms with E-state index in [4.69, 9.17) is 21.1 Å². The van der Waals surface area contributed by atoms with Gasteiger partial charge < -0.3 is 14.4 Å². The molecule has 0 unspecified atom stereocenters. The van der Waals surface area contributed by atoms with Crippen LogP contribution in [-0.4, -0.2) is 31.1 Å². The third-order valence-corrected chi connectivity index (χ3v) is 5.58. The number of halogens is 1.